The van der Waals surface area contributed by atoms with Gasteiger partial charge in [0.05, 0.1) is 6.04 Å². The van der Waals surface area contributed by atoms with E-state index in [1.807, 2.05) is 0 Å². The second-order valence-electron chi connectivity index (χ2n) is 4.33. The summed E-state index contributed by atoms with van der Waals surface area (Å²) >= 11 is 0. The van der Waals surface area contributed by atoms with Crippen LogP contribution in [-0.2, 0) is 9.53 Å². The molecular weight excluding hydrogens is 206 g/mol. The molecule has 0 saturated heterocycles. The monoisotopic (exact) mass is 225 g/mol. The van der Waals surface area contributed by atoms with Crippen LogP contribution in [0.3, 0.4) is 0 Å². The molecule has 0 spiro atoms. The lowest BCUT2D eigenvalue weighted by atomic mass is 10.1. The van der Waals surface area contributed by atoms with Gasteiger partial charge in [0.25, 0.3) is 0 Å². The van der Waals surface area contributed by atoms with Gasteiger partial charge in [-0.15, -0.1) is 6.58 Å². The number of ether oxygens (including phenoxy) is 1. The third kappa shape index (κ3) is 6.01. The molecule has 4 heteroatoms. The molecule has 1 atom stereocenters. The fraction of sp³-hybridized carbons (Fsp3) is 0.500. The predicted octanol–water partition coefficient (Wildman–Crippen LogP) is 2.21. The lowest BCUT2D eigenvalue weighted by Crippen LogP contribution is -2.42. The molecule has 90 valence electrons. The number of carbonyl (C=O) groups is 2. The summed E-state index contributed by atoms with van der Waals surface area (Å²) in [7, 11) is 0. The Labute approximate surface area is 96.4 Å². The molecule has 0 saturated carbocycles. The number of carbonyl (C=O) groups excluding carboxylic acids is 2. The summed E-state index contributed by atoms with van der Waals surface area (Å²) in [5.74, 6) is -0.259. The van der Waals surface area contributed by atoms with E-state index in [-0.39, 0.29) is 5.78 Å². The number of nitrogens with one attached hydrogen (secondary N) is 1. The Balaban J connectivity index is 4.40. The van der Waals surface area contributed by atoms with Crippen molar-refractivity contribution in [2.24, 2.45) is 0 Å². The molecule has 0 aromatic heterocycles. The molecule has 0 bridgehead atoms. The summed E-state index contributed by atoms with van der Waals surface area (Å²) in [6.45, 7) is 12.2. The third-order valence-corrected chi connectivity index (χ3v) is 1.64. The van der Waals surface area contributed by atoms with Crippen LogP contribution in [0.5, 0.6) is 0 Å². The molecule has 0 aliphatic heterocycles. The fourth-order valence-electron chi connectivity index (χ4n) is 1.00. The normalized spacial score (nSPS) is 12.4. The summed E-state index contributed by atoms with van der Waals surface area (Å²) in [5, 5.41) is 2.47. The molecule has 0 radical (unpaired) electrons. The Bertz CT molecular complexity index is 289. The molecule has 0 aromatic carbocycles. The summed E-state index contributed by atoms with van der Waals surface area (Å²) in [6, 6.07) is -0.648. The van der Waals surface area contributed by atoms with Gasteiger partial charge in [0.15, 0.2) is 5.78 Å². The first kappa shape index (κ1) is 14.4. The van der Waals surface area contributed by atoms with Crippen molar-refractivity contribution < 1.29 is 14.3 Å². The highest BCUT2D eigenvalue weighted by molar-refractivity contribution is 5.95. The van der Waals surface area contributed by atoms with Crippen molar-refractivity contribution in [3.8, 4) is 0 Å². The molecule has 0 aliphatic carbocycles. The van der Waals surface area contributed by atoms with E-state index in [0.717, 1.165) is 0 Å². The van der Waals surface area contributed by atoms with Crippen molar-refractivity contribution in [2.75, 3.05) is 0 Å². The van der Waals surface area contributed by atoms with E-state index >= 15 is 0 Å². The predicted molar refractivity (Wildman–Crippen MR) is 63.2 cm³/mol. The lowest BCUT2D eigenvalue weighted by Gasteiger charge is -2.22. The largest absolute Gasteiger partial charge is 0.444 e. The number of hydrogen-bond acceptors (Lipinski definition) is 3. The van der Waals surface area contributed by atoms with Crippen LogP contribution in [0.4, 0.5) is 4.79 Å². The standard InChI is InChI=1S/C12H19NO3/c1-6-8-9(10(14)7-2)13-11(15)16-12(3,4)5/h6-7,9H,1-2,8H2,3-5H3,(H,13,15). The molecule has 1 unspecified atom stereocenters. The molecule has 0 fully saturated rings. The minimum Gasteiger partial charge on any atom is -0.444 e. The van der Waals surface area contributed by atoms with Crippen molar-refractivity contribution in [3.05, 3.63) is 25.3 Å². The maximum absolute atomic E-state index is 11.4. The first-order valence-electron chi connectivity index (χ1n) is 5.07. The first-order chi connectivity index (χ1) is 7.30. The molecule has 0 aliphatic rings. The van der Waals surface area contributed by atoms with Gasteiger partial charge in [0.2, 0.25) is 0 Å². The van der Waals surface area contributed by atoms with Crippen molar-refractivity contribution in [3.63, 3.8) is 0 Å². The third-order valence-electron chi connectivity index (χ3n) is 1.64. The van der Waals surface area contributed by atoms with Crippen LogP contribution in [0.1, 0.15) is 27.2 Å². The van der Waals surface area contributed by atoms with Gasteiger partial charge in [-0.1, -0.05) is 12.7 Å². The first-order valence-corrected chi connectivity index (χ1v) is 5.07. The quantitative estimate of drug-likeness (QED) is 0.576. The molecule has 0 heterocycles. The van der Waals surface area contributed by atoms with Gasteiger partial charge in [0.1, 0.15) is 5.60 Å². The summed E-state index contributed by atoms with van der Waals surface area (Å²) in [5.41, 5.74) is -0.583. The minimum atomic E-state index is -0.648. The van der Waals surface area contributed by atoms with E-state index in [1.54, 1.807) is 26.8 Å². The maximum atomic E-state index is 11.4. The molecular formula is C12H19NO3. The number of hydrogen-bond donors (Lipinski definition) is 1. The van der Waals surface area contributed by atoms with Crippen molar-refractivity contribution in [1.82, 2.24) is 5.32 Å². The minimum absolute atomic E-state index is 0.259. The summed E-state index contributed by atoms with van der Waals surface area (Å²) in [6.07, 6.45) is 2.47. The van der Waals surface area contributed by atoms with E-state index < -0.39 is 17.7 Å². The smallest absolute Gasteiger partial charge is 0.408 e. The van der Waals surface area contributed by atoms with Gasteiger partial charge in [0, 0.05) is 0 Å². The maximum Gasteiger partial charge on any atom is 0.408 e. The van der Waals surface area contributed by atoms with E-state index in [4.69, 9.17) is 4.74 Å². The second-order valence-corrected chi connectivity index (χ2v) is 4.33. The van der Waals surface area contributed by atoms with Crippen LogP contribution in [0.25, 0.3) is 0 Å². The Morgan fingerprint density at radius 3 is 2.31 bits per heavy atom. The average Bonchev–Trinajstić information content (AvgIpc) is 2.13. The van der Waals surface area contributed by atoms with Gasteiger partial charge in [-0.3, -0.25) is 4.79 Å². The van der Waals surface area contributed by atoms with E-state index in [9.17, 15) is 9.59 Å². The number of rotatable bonds is 5. The van der Waals surface area contributed by atoms with Crippen molar-refractivity contribution in [1.29, 1.82) is 0 Å². The Morgan fingerprint density at radius 2 is 1.94 bits per heavy atom. The summed E-state index contributed by atoms with van der Waals surface area (Å²) < 4.78 is 5.04. The van der Waals surface area contributed by atoms with E-state index in [0.29, 0.717) is 6.42 Å². The number of ketones is 1. The molecule has 1 N–H and O–H groups in total. The SMILES string of the molecule is C=CCC(NC(=O)OC(C)(C)C)C(=O)C=C. The van der Waals surface area contributed by atoms with Crippen molar-refractivity contribution in [2.45, 2.75) is 38.8 Å². The van der Waals surface area contributed by atoms with Gasteiger partial charge in [-0.05, 0) is 33.3 Å². The molecule has 16 heavy (non-hydrogen) atoms. The van der Waals surface area contributed by atoms with Crippen molar-refractivity contribution >= 4 is 11.9 Å². The zero-order chi connectivity index (χ0) is 12.8. The topological polar surface area (TPSA) is 55.4 Å². The molecule has 0 rings (SSSR count). The Morgan fingerprint density at radius 1 is 1.38 bits per heavy atom. The highest BCUT2D eigenvalue weighted by atomic mass is 16.6. The molecule has 1 amide bonds. The van der Waals surface area contributed by atoms with Crippen LogP contribution in [0.2, 0.25) is 0 Å². The zero-order valence-electron chi connectivity index (χ0n) is 10.1. The molecule has 0 aromatic rings. The average molecular weight is 225 g/mol. The lowest BCUT2D eigenvalue weighted by molar-refractivity contribution is -0.116. The van der Waals surface area contributed by atoms with Crippen LogP contribution in [0.15, 0.2) is 25.3 Å². The Kier molecular flexibility index (Phi) is 5.50. The number of amides is 1. The van der Waals surface area contributed by atoms with Crippen LogP contribution in [-0.4, -0.2) is 23.5 Å². The summed E-state index contributed by atoms with van der Waals surface area (Å²) in [4.78, 5) is 22.8. The molecule has 4 nitrogen and oxygen atoms in total. The van der Waals surface area contributed by atoms with Crippen LogP contribution >= 0.6 is 0 Å². The van der Waals surface area contributed by atoms with Gasteiger partial charge >= 0.3 is 6.09 Å². The van der Waals surface area contributed by atoms with Crippen LogP contribution in [0, 0.1) is 0 Å². The Hall–Kier alpha value is -1.58. The van der Waals surface area contributed by atoms with Crippen LogP contribution < -0.4 is 5.32 Å². The van der Waals surface area contributed by atoms with Gasteiger partial charge < -0.3 is 10.1 Å². The fourth-order valence-corrected chi connectivity index (χ4v) is 1.00. The number of alkyl carbamates (subject to hydrolysis) is 1. The zero-order valence-corrected chi connectivity index (χ0v) is 10.1. The van der Waals surface area contributed by atoms with E-state index in [2.05, 4.69) is 18.5 Å². The highest BCUT2D eigenvalue weighted by Gasteiger charge is 2.21. The second kappa shape index (κ2) is 6.10. The van der Waals surface area contributed by atoms with Gasteiger partial charge in [-0.2, -0.15) is 0 Å². The van der Waals surface area contributed by atoms with E-state index in [1.165, 1.54) is 6.08 Å². The highest BCUT2D eigenvalue weighted by Crippen LogP contribution is 2.07. The van der Waals surface area contributed by atoms with Gasteiger partial charge in [-0.25, -0.2) is 4.79 Å².